The van der Waals surface area contributed by atoms with Gasteiger partial charge in [-0.3, -0.25) is 14.5 Å². The van der Waals surface area contributed by atoms with Crippen molar-refractivity contribution >= 4 is 39.5 Å². The van der Waals surface area contributed by atoms with Gasteiger partial charge in [-0.15, -0.1) is 0 Å². The number of amides is 1. The summed E-state index contributed by atoms with van der Waals surface area (Å²) in [5.74, 6) is -0.879. The highest BCUT2D eigenvalue weighted by Gasteiger charge is 2.60. The third kappa shape index (κ3) is 3.56. The number of nitrogens with two attached hydrogens (primary N) is 1. The highest BCUT2D eigenvalue weighted by atomic mass is 35.5. The van der Waals surface area contributed by atoms with E-state index in [2.05, 4.69) is 15.0 Å². The van der Waals surface area contributed by atoms with Crippen LogP contribution in [0.4, 0.5) is 10.1 Å². The number of carbonyl (C=O) groups is 1. The molecule has 0 radical (unpaired) electrons. The number of fused-ring (bicyclic) bond motifs is 1. The quantitative estimate of drug-likeness (QED) is 0.514. The van der Waals surface area contributed by atoms with Gasteiger partial charge < -0.3 is 15.6 Å². The van der Waals surface area contributed by atoms with Crippen molar-refractivity contribution in [2.24, 2.45) is 10.7 Å². The van der Waals surface area contributed by atoms with Crippen LogP contribution in [-0.2, 0) is 5.54 Å². The fraction of sp³-hybridized carbons (Fsp3) is 0.364. The van der Waals surface area contributed by atoms with Gasteiger partial charge in [0.05, 0.1) is 20.6 Å². The summed E-state index contributed by atoms with van der Waals surface area (Å²) in [6.45, 7) is 6.01. The number of hydrogen-bond donors (Lipinski definition) is 4. The molecular weight excluding hydrogens is 467 g/mol. The molecule has 0 saturated carbocycles. The number of benzene rings is 1. The summed E-state index contributed by atoms with van der Waals surface area (Å²) in [7, 11) is -2.45. The second kappa shape index (κ2) is 7.95. The lowest BCUT2D eigenvalue weighted by molar-refractivity contribution is 0.102. The van der Waals surface area contributed by atoms with Crippen LogP contribution in [0.5, 0.6) is 0 Å². The zero-order valence-corrected chi connectivity index (χ0v) is 19.9. The van der Waals surface area contributed by atoms with Crippen LogP contribution in [0.25, 0.3) is 0 Å². The van der Waals surface area contributed by atoms with Crippen LogP contribution in [0.15, 0.2) is 35.5 Å². The maximum Gasteiger partial charge on any atom is 0.275 e. The Kier molecular flexibility index (Phi) is 5.65. The Hall–Kier alpha value is -2.71. The van der Waals surface area contributed by atoms with Crippen molar-refractivity contribution in [1.29, 1.82) is 5.26 Å². The van der Waals surface area contributed by atoms with E-state index >= 15 is 4.39 Å². The van der Waals surface area contributed by atoms with E-state index in [0.717, 1.165) is 0 Å². The van der Waals surface area contributed by atoms with Crippen molar-refractivity contribution in [3.05, 3.63) is 58.1 Å². The van der Waals surface area contributed by atoms with Crippen LogP contribution in [-0.4, -0.2) is 37.8 Å². The van der Waals surface area contributed by atoms with Gasteiger partial charge in [-0.1, -0.05) is 22.1 Å². The number of aromatic nitrogens is 1. The number of nitrogens with one attached hydrogen (secondary N) is 2. The molecule has 2 aliphatic heterocycles. The maximum atomic E-state index is 15.1. The van der Waals surface area contributed by atoms with Gasteiger partial charge in [0.15, 0.2) is 0 Å². The van der Waals surface area contributed by atoms with Gasteiger partial charge >= 0.3 is 0 Å². The summed E-state index contributed by atoms with van der Waals surface area (Å²) >= 11 is 6.09. The Morgan fingerprint density at radius 1 is 1.42 bits per heavy atom. The van der Waals surface area contributed by atoms with Crippen molar-refractivity contribution < 1.29 is 13.7 Å². The summed E-state index contributed by atoms with van der Waals surface area (Å²) in [4.78, 5) is 21.4. The van der Waals surface area contributed by atoms with E-state index < -0.39 is 32.5 Å². The lowest BCUT2D eigenvalue weighted by atomic mass is 9.85. The molecule has 5 N–H and O–H groups in total. The standard InChI is InChI=1S/C22H24ClFN6O2S/c1-21(2)20(26)30-22(3,17-6-7-28-33(17,21)32)14-9-13(4-5-16(14)24)29-19(31)18-15(23)8-12(10-25)11-27-18/h4-5,8-9,11,17,28,32H,6-7H2,1-3H3,(H2,26,30)(H,29,31)/t17-,22+/m0/s1. The fourth-order valence-corrected chi connectivity index (χ4v) is 8.09. The fourth-order valence-electron chi connectivity index (χ4n) is 4.46. The van der Waals surface area contributed by atoms with E-state index in [-0.39, 0.29) is 32.9 Å². The third-order valence-corrected chi connectivity index (χ3v) is 10.7. The summed E-state index contributed by atoms with van der Waals surface area (Å²) in [5.41, 5.74) is 5.84. The van der Waals surface area contributed by atoms with Crippen LogP contribution in [0.2, 0.25) is 5.02 Å². The van der Waals surface area contributed by atoms with Crippen molar-refractivity contribution in [2.45, 2.75) is 42.7 Å². The minimum atomic E-state index is -2.45. The monoisotopic (exact) mass is 490 g/mol. The van der Waals surface area contributed by atoms with Gasteiger partial charge in [0, 0.05) is 24.0 Å². The SMILES string of the molecule is CC1(C)C(N)=N[C@](C)(c2cc(NC(=O)c3ncc(C#N)cc3Cl)ccc2F)[C@@H]2CCNS21O. The smallest absolute Gasteiger partial charge is 0.275 e. The van der Waals surface area contributed by atoms with Crippen LogP contribution in [0.3, 0.4) is 0 Å². The number of amidine groups is 1. The van der Waals surface area contributed by atoms with E-state index in [1.54, 1.807) is 6.92 Å². The number of halogens is 2. The number of hydrogen-bond acceptors (Lipinski definition) is 7. The first-order valence-corrected chi connectivity index (χ1v) is 12.3. The summed E-state index contributed by atoms with van der Waals surface area (Å²) in [5, 5.41) is 11.3. The molecule has 11 heteroatoms. The number of rotatable bonds is 3. The molecule has 174 valence electrons. The van der Waals surface area contributed by atoms with E-state index in [4.69, 9.17) is 27.6 Å². The van der Waals surface area contributed by atoms with Crippen molar-refractivity contribution in [3.63, 3.8) is 0 Å². The second-order valence-corrected chi connectivity index (χ2v) is 12.3. The molecule has 1 fully saturated rings. The largest absolute Gasteiger partial charge is 0.386 e. The van der Waals surface area contributed by atoms with E-state index in [1.807, 2.05) is 19.9 Å². The van der Waals surface area contributed by atoms with Crippen LogP contribution >= 0.6 is 22.1 Å². The first-order valence-electron chi connectivity index (χ1n) is 10.3. The van der Waals surface area contributed by atoms with Crippen molar-refractivity contribution in [2.75, 3.05) is 11.9 Å². The average molecular weight is 491 g/mol. The van der Waals surface area contributed by atoms with Crippen molar-refractivity contribution in [1.82, 2.24) is 9.71 Å². The summed E-state index contributed by atoms with van der Waals surface area (Å²) in [6.07, 6.45) is 1.85. The topological polar surface area (TPSA) is 136 Å². The number of nitrogens with zero attached hydrogens (tertiary/aromatic N) is 3. The molecule has 3 heterocycles. The van der Waals surface area contributed by atoms with Gasteiger partial charge in [-0.25, -0.2) is 9.37 Å². The molecule has 33 heavy (non-hydrogen) atoms. The zero-order valence-electron chi connectivity index (χ0n) is 18.3. The average Bonchev–Trinajstić information content (AvgIpc) is 3.18. The minimum absolute atomic E-state index is 0.0263. The zero-order chi connectivity index (χ0) is 24.2. The molecule has 3 atom stereocenters. The Bertz CT molecular complexity index is 1230. The maximum absolute atomic E-state index is 15.1. The van der Waals surface area contributed by atoms with Gasteiger partial charge in [0.25, 0.3) is 5.91 Å². The number of carbonyl (C=O) groups excluding carboxylic acids is 1. The van der Waals surface area contributed by atoms with Crippen LogP contribution in [0.1, 0.15) is 48.8 Å². The van der Waals surface area contributed by atoms with Gasteiger partial charge in [-0.05, 0) is 51.5 Å². The second-order valence-electron chi connectivity index (χ2n) is 8.77. The first kappa shape index (κ1) is 23.4. The summed E-state index contributed by atoms with van der Waals surface area (Å²) in [6, 6.07) is 7.41. The van der Waals surface area contributed by atoms with Crippen LogP contribution in [0, 0.1) is 17.1 Å². The Morgan fingerprint density at radius 2 is 2.15 bits per heavy atom. The number of aliphatic imine (C=N–C) groups is 1. The van der Waals surface area contributed by atoms with Gasteiger partial charge in [0.2, 0.25) is 0 Å². The molecule has 0 aliphatic carbocycles. The number of pyridine rings is 1. The van der Waals surface area contributed by atoms with Gasteiger partial charge in [-0.2, -0.15) is 5.26 Å². The van der Waals surface area contributed by atoms with E-state index in [1.165, 1.54) is 30.5 Å². The first-order chi connectivity index (χ1) is 15.4. The number of anilines is 1. The summed E-state index contributed by atoms with van der Waals surface area (Å²) < 4.78 is 29.2. The number of nitriles is 1. The Labute approximate surface area is 197 Å². The van der Waals surface area contributed by atoms with Crippen molar-refractivity contribution in [3.8, 4) is 6.07 Å². The molecule has 8 nitrogen and oxygen atoms in total. The highest BCUT2D eigenvalue weighted by Crippen LogP contribution is 2.67. The molecule has 4 rings (SSSR count). The lowest BCUT2D eigenvalue weighted by Crippen LogP contribution is -2.57. The molecular formula is C22H24ClFN6O2S. The molecule has 1 aromatic carbocycles. The molecule has 2 aromatic rings. The lowest BCUT2D eigenvalue weighted by Gasteiger charge is -2.56. The molecule has 1 unspecified atom stereocenters. The molecule has 2 aliphatic rings. The minimum Gasteiger partial charge on any atom is -0.386 e. The third-order valence-electron chi connectivity index (χ3n) is 6.47. The van der Waals surface area contributed by atoms with Crippen LogP contribution < -0.4 is 15.8 Å². The normalized spacial score (nSPS) is 29.8. The molecule has 0 bridgehead atoms. The Morgan fingerprint density at radius 3 is 2.82 bits per heavy atom. The highest BCUT2D eigenvalue weighted by molar-refractivity contribution is 8.29. The molecule has 1 aromatic heterocycles. The Balaban J connectivity index is 1.73. The van der Waals surface area contributed by atoms with E-state index in [0.29, 0.717) is 18.7 Å². The molecule has 0 spiro atoms. The molecule has 1 saturated heterocycles. The van der Waals surface area contributed by atoms with Gasteiger partial charge in [0.1, 0.15) is 29.0 Å². The predicted octanol–water partition coefficient (Wildman–Crippen LogP) is 3.92. The molecule has 1 amide bonds. The van der Waals surface area contributed by atoms with E-state index in [9.17, 15) is 9.35 Å². The predicted molar refractivity (Wildman–Crippen MR) is 128 cm³/mol.